The van der Waals surface area contributed by atoms with Crippen LogP contribution in [0.3, 0.4) is 0 Å². The number of allylic oxidation sites excluding steroid dienone is 3. The first-order valence-corrected chi connectivity index (χ1v) is 3.68. The van der Waals surface area contributed by atoms with E-state index in [0.29, 0.717) is 0 Å². The molecule has 58 valence electrons. The van der Waals surface area contributed by atoms with Crippen molar-refractivity contribution in [3.8, 4) is 0 Å². The van der Waals surface area contributed by atoms with Crippen LogP contribution in [0.25, 0.3) is 0 Å². The highest BCUT2D eigenvalue weighted by atomic mass is 16.5. The van der Waals surface area contributed by atoms with Crippen molar-refractivity contribution in [1.82, 2.24) is 0 Å². The Morgan fingerprint density at radius 1 is 1.30 bits per heavy atom. The van der Waals surface area contributed by atoms with E-state index in [9.17, 15) is 0 Å². The first-order valence-electron chi connectivity index (χ1n) is 3.68. The van der Waals surface area contributed by atoms with Gasteiger partial charge in [0.1, 0.15) is 5.76 Å². The molecular formula is C9H16O. The summed E-state index contributed by atoms with van der Waals surface area (Å²) in [6.45, 7) is 8.78. The Morgan fingerprint density at radius 2 is 1.90 bits per heavy atom. The molecule has 0 saturated heterocycles. The maximum atomic E-state index is 5.34. The van der Waals surface area contributed by atoms with Gasteiger partial charge in [-0.25, -0.2) is 0 Å². The summed E-state index contributed by atoms with van der Waals surface area (Å²) in [5.41, 5.74) is 1.20. The molecular weight excluding hydrogens is 124 g/mol. The molecule has 0 saturated carbocycles. The average molecular weight is 140 g/mol. The van der Waals surface area contributed by atoms with Gasteiger partial charge in [0.05, 0.1) is 6.61 Å². The lowest BCUT2D eigenvalue weighted by Crippen LogP contribution is -1.91. The molecule has 0 bridgehead atoms. The fourth-order valence-electron chi connectivity index (χ4n) is 0.723. The quantitative estimate of drug-likeness (QED) is 0.432. The van der Waals surface area contributed by atoms with Gasteiger partial charge < -0.3 is 4.74 Å². The van der Waals surface area contributed by atoms with Gasteiger partial charge in [-0.2, -0.15) is 0 Å². The van der Waals surface area contributed by atoms with Crippen molar-refractivity contribution in [3.63, 3.8) is 0 Å². The summed E-state index contributed by atoms with van der Waals surface area (Å²) in [6, 6.07) is 0. The Balaban J connectivity index is 4.09. The molecule has 0 fully saturated rings. The number of hydrogen-bond donors (Lipinski definition) is 0. The normalized spacial score (nSPS) is 13.6. The van der Waals surface area contributed by atoms with Crippen LogP contribution in [0.1, 0.15) is 27.7 Å². The van der Waals surface area contributed by atoms with Crippen molar-refractivity contribution < 1.29 is 4.74 Å². The summed E-state index contributed by atoms with van der Waals surface area (Å²) in [7, 11) is 0. The monoisotopic (exact) mass is 140 g/mol. The van der Waals surface area contributed by atoms with Crippen molar-refractivity contribution in [2.45, 2.75) is 27.7 Å². The predicted octanol–water partition coefficient (Wildman–Crippen LogP) is 2.89. The average Bonchev–Trinajstić information content (AvgIpc) is 1.99. The van der Waals surface area contributed by atoms with Crippen LogP contribution in [0.15, 0.2) is 23.5 Å². The van der Waals surface area contributed by atoms with Gasteiger partial charge in [0.2, 0.25) is 0 Å². The van der Waals surface area contributed by atoms with Gasteiger partial charge in [-0.05, 0) is 39.3 Å². The molecule has 1 nitrogen and oxygen atoms in total. The Labute approximate surface area is 63.4 Å². The lowest BCUT2D eigenvalue weighted by atomic mass is 10.2. The number of ether oxygens (including phenoxy) is 1. The number of rotatable bonds is 3. The van der Waals surface area contributed by atoms with Gasteiger partial charge >= 0.3 is 0 Å². The van der Waals surface area contributed by atoms with Crippen molar-refractivity contribution in [2.75, 3.05) is 6.61 Å². The molecule has 0 spiro atoms. The molecule has 0 aromatic rings. The minimum Gasteiger partial charge on any atom is -0.494 e. The first-order chi connectivity index (χ1) is 4.76. The van der Waals surface area contributed by atoms with Crippen LogP contribution >= 0.6 is 0 Å². The van der Waals surface area contributed by atoms with Crippen LogP contribution < -0.4 is 0 Å². The van der Waals surface area contributed by atoms with Crippen LogP contribution in [-0.4, -0.2) is 6.61 Å². The van der Waals surface area contributed by atoms with E-state index in [4.69, 9.17) is 4.74 Å². The smallest absolute Gasteiger partial charge is 0.117 e. The van der Waals surface area contributed by atoms with Gasteiger partial charge in [0.25, 0.3) is 0 Å². The van der Waals surface area contributed by atoms with Gasteiger partial charge in [0, 0.05) is 0 Å². The zero-order chi connectivity index (χ0) is 7.98. The summed E-state index contributed by atoms with van der Waals surface area (Å²) in [5, 5.41) is 0. The van der Waals surface area contributed by atoms with E-state index in [0.717, 1.165) is 12.4 Å². The van der Waals surface area contributed by atoms with Gasteiger partial charge in [-0.1, -0.05) is 6.08 Å². The highest BCUT2D eigenvalue weighted by molar-refractivity contribution is 5.22. The van der Waals surface area contributed by atoms with E-state index in [-0.39, 0.29) is 0 Å². The molecule has 0 aliphatic rings. The summed E-state index contributed by atoms with van der Waals surface area (Å²) in [4.78, 5) is 0. The Bertz CT molecular complexity index is 143. The minimum absolute atomic E-state index is 0.741. The van der Waals surface area contributed by atoms with Crippen molar-refractivity contribution in [1.29, 1.82) is 0 Å². The molecule has 0 N–H and O–H groups in total. The summed E-state index contributed by atoms with van der Waals surface area (Å²) in [6.07, 6.45) is 4.03. The zero-order valence-electron chi connectivity index (χ0n) is 7.27. The van der Waals surface area contributed by atoms with E-state index in [2.05, 4.69) is 0 Å². The molecule has 0 radical (unpaired) electrons. The zero-order valence-corrected chi connectivity index (χ0v) is 7.27. The van der Waals surface area contributed by atoms with Crippen LogP contribution in [0.5, 0.6) is 0 Å². The maximum absolute atomic E-state index is 5.34. The van der Waals surface area contributed by atoms with Crippen molar-refractivity contribution in [2.24, 2.45) is 0 Å². The topological polar surface area (TPSA) is 9.23 Å². The molecule has 0 aromatic carbocycles. The molecule has 10 heavy (non-hydrogen) atoms. The number of hydrogen-bond acceptors (Lipinski definition) is 1. The van der Waals surface area contributed by atoms with Crippen molar-refractivity contribution in [3.05, 3.63) is 23.5 Å². The van der Waals surface area contributed by atoms with Crippen LogP contribution in [-0.2, 0) is 4.74 Å². The van der Waals surface area contributed by atoms with Crippen LogP contribution in [0.4, 0.5) is 0 Å². The standard InChI is InChI=1S/C9H16O/c1-5-8(4)9(6-2)10-7-3/h5-6H,7H2,1-4H3. The molecule has 0 aromatic heterocycles. The van der Waals surface area contributed by atoms with Gasteiger partial charge in [0.15, 0.2) is 0 Å². The Hall–Kier alpha value is -0.720. The van der Waals surface area contributed by atoms with Gasteiger partial charge in [-0.15, -0.1) is 0 Å². The second-order valence-corrected chi connectivity index (χ2v) is 2.06. The fourth-order valence-corrected chi connectivity index (χ4v) is 0.723. The summed E-state index contributed by atoms with van der Waals surface area (Å²) in [5.74, 6) is 0.991. The Kier molecular flexibility index (Phi) is 4.73. The Morgan fingerprint density at radius 3 is 2.20 bits per heavy atom. The second-order valence-electron chi connectivity index (χ2n) is 2.06. The molecule has 0 amide bonds. The third-order valence-electron chi connectivity index (χ3n) is 1.38. The lowest BCUT2D eigenvalue weighted by molar-refractivity contribution is 0.237. The van der Waals surface area contributed by atoms with Crippen molar-refractivity contribution >= 4 is 0 Å². The molecule has 0 aliphatic carbocycles. The third-order valence-corrected chi connectivity index (χ3v) is 1.38. The maximum Gasteiger partial charge on any atom is 0.117 e. The van der Waals surface area contributed by atoms with E-state index in [1.54, 1.807) is 0 Å². The van der Waals surface area contributed by atoms with E-state index in [1.165, 1.54) is 5.57 Å². The second kappa shape index (κ2) is 5.10. The molecule has 0 atom stereocenters. The molecule has 0 unspecified atom stereocenters. The summed E-state index contributed by atoms with van der Waals surface area (Å²) < 4.78 is 5.34. The van der Waals surface area contributed by atoms with Gasteiger partial charge in [-0.3, -0.25) is 0 Å². The molecule has 0 heterocycles. The lowest BCUT2D eigenvalue weighted by Gasteiger charge is -2.06. The largest absolute Gasteiger partial charge is 0.494 e. The summed E-state index contributed by atoms with van der Waals surface area (Å²) >= 11 is 0. The van der Waals surface area contributed by atoms with E-state index in [1.807, 2.05) is 39.8 Å². The SMILES string of the molecule is CC=C(C)C(=CC)OCC. The molecule has 1 heteroatoms. The van der Waals surface area contributed by atoms with Crippen LogP contribution in [0.2, 0.25) is 0 Å². The highest BCUT2D eigenvalue weighted by Crippen LogP contribution is 2.09. The highest BCUT2D eigenvalue weighted by Gasteiger charge is 1.94. The van der Waals surface area contributed by atoms with Crippen LogP contribution in [0, 0.1) is 0 Å². The van der Waals surface area contributed by atoms with E-state index >= 15 is 0 Å². The predicted molar refractivity (Wildman–Crippen MR) is 44.8 cm³/mol. The third kappa shape index (κ3) is 2.72. The molecule has 0 rings (SSSR count). The fraction of sp³-hybridized carbons (Fsp3) is 0.556. The first kappa shape index (κ1) is 9.28. The molecule has 0 aliphatic heterocycles. The van der Waals surface area contributed by atoms with E-state index < -0.39 is 0 Å². The minimum atomic E-state index is 0.741.